The van der Waals surface area contributed by atoms with Crippen LogP contribution >= 0.6 is 11.6 Å². The minimum absolute atomic E-state index is 0.0277. The highest BCUT2D eigenvalue weighted by atomic mass is 35.5. The molecule has 2 aromatic rings. The first-order valence-electron chi connectivity index (χ1n) is 9.05. The topological polar surface area (TPSA) is 96.5 Å². The van der Waals surface area contributed by atoms with E-state index in [-0.39, 0.29) is 18.9 Å². The van der Waals surface area contributed by atoms with Crippen LogP contribution in [0.25, 0.3) is 0 Å². The predicted molar refractivity (Wildman–Crippen MR) is 110 cm³/mol. The fraction of sp³-hybridized carbons (Fsp3) is 0.286. The number of hydrazine groups is 1. The Morgan fingerprint density at radius 1 is 1.00 bits per heavy atom. The van der Waals surface area contributed by atoms with Gasteiger partial charge in [0.2, 0.25) is 11.8 Å². The van der Waals surface area contributed by atoms with Gasteiger partial charge >= 0.3 is 0 Å². The van der Waals surface area contributed by atoms with Gasteiger partial charge in [0.05, 0.1) is 12.5 Å². The fourth-order valence-electron chi connectivity index (χ4n) is 2.63. The van der Waals surface area contributed by atoms with E-state index >= 15 is 0 Å². The molecule has 3 N–H and O–H groups in total. The first kappa shape index (κ1) is 22.2. The number of rotatable bonds is 7. The number of ether oxygens (including phenoxy) is 1. The molecule has 2 aromatic carbocycles. The van der Waals surface area contributed by atoms with Crippen molar-refractivity contribution >= 4 is 29.3 Å². The Hall–Kier alpha value is -3.06. The lowest BCUT2D eigenvalue weighted by molar-refractivity contribution is -0.130. The van der Waals surface area contributed by atoms with Crippen molar-refractivity contribution in [3.05, 3.63) is 64.2 Å². The Balaban J connectivity index is 1.85. The Kier molecular flexibility index (Phi) is 8.03. The highest BCUT2D eigenvalue weighted by molar-refractivity contribution is 6.30. The Morgan fingerprint density at radius 3 is 2.28 bits per heavy atom. The molecule has 2 rings (SSSR count). The molecule has 0 aliphatic rings. The quantitative estimate of drug-likeness (QED) is 0.603. The smallest absolute Gasteiger partial charge is 0.276 e. The Morgan fingerprint density at radius 2 is 1.66 bits per heavy atom. The molecule has 7 nitrogen and oxygen atoms in total. The molecule has 0 heterocycles. The average molecular weight is 418 g/mol. The van der Waals surface area contributed by atoms with E-state index in [9.17, 15) is 14.4 Å². The van der Waals surface area contributed by atoms with Crippen molar-refractivity contribution in [2.24, 2.45) is 0 Å². The summed E-state index contributed by atoms with van der Waals surface area (Å²) in [5, 5.41) is 3.32. The highest BCUT2D eigenvalue weighted by Gasteiger charge is 2.17. The summed E-state index contributed by atoms with van der Waals surface area (Å²) in [6.45, 7) is 4.88. The van der Waals surface area contributed by atoms with E-state index in [0.717, 1.165) is 16.7 Å². The van der Waals surface area contributed by atoms with Crippen LogP contribution in [0.1, 0.15) is 36.1 Å². The molecule has 0 aliphatic heterocycles. The van der Waals surface area contributed by atoms with Crippen molar-refractivity contribution in [2.75, 3.05) is 6.61 Å². The van der Waals surface area contributed by atoms with Gasteiger partial charge in [0.15, 0.2) is 6.61 Å². The second-order valence-electron chi connectivity index (χ2n) is 6.66. The zero-order valence-corrected chi connectivity index (χ0v) is 17.3. The third kappa shape index (κ3) is 7.46. The Labute approximate surface area is 174 Å². The normalized spacial score (nSPS) is 11.3. The van der Waals surface area contributed by atoms with E-state index in [4.69, 9.17) is 16.3 Å². The summed E-state index contributed by atoms with van der Waals surface area (Å²) in [5.74, 6) is -0.681. The van der Waals surface area contributed by atoms with Crippen molar-refractivity contribution in [1.29, 1.82) is 0 Å². The lowest BCUT2D eigenvalue weighted by Gasteiger charge is -2.18. The summed E-state index contributed by atoms with van der Waals surface area (Å²) in [7, 11) is 0. The molecule has 0 bridgehead atoms. The number of halogens is 1. The number of carbonyl (C=O) groups excluding carboxylic acids is 3. The molecule has 0 spiro atoms. The van der Waals surface area contributed by atoms with Gasteiger partial charge in [0, 0.05) is 11.9 Å². The molecule has 0 aliphatic carbocycles. The average Bonchev–Trinajstić information content (AvgIpc) is 2.65. The van der Waals surface area contributed by atoms with Crippen molar-refractivity contribution in [2.45, 2.75) is 33.2 Å². The van der Waals surface area contributed by atoms with Gasteiger partial charge in [-0.25, -0.2) is 0 Å². The predicted octanol–water partition coefficient (Wildman–Crippen LogP) is 2.75. The SMILES string of the molecule is CC(=O)N[C@@H](CC(=O)NNC(=O)COc1ccc(Cl)cc1C)c1ccc(C)cc1. The summed E-state index contributed by atoms with van der Waals surface area (Å²) >= 11 is 5.88. The van der Waals surface area contributed by atoms with Gasteiger partial charge in [0.25, 0.3) is 5.91 Å². The second kappa shape index (κ2) is 10.5. The van der Waals surface area contributed by atoms with Crippen molar-refractivity contribution in [3.63, 3.8) is 0 Å². The third-order valence-electron chi connectivity index (χ3n) is 4.08. The monoisotopic (exact) mass is 417 g/mol. The molecule has 0 radical (unpaired) electrons. The van der Waals surface area contributed by atoms with E-state index < -0.39 is 17.9 Å². The number of benzene rings is 2. The summed E-state index contributed by atoms with van der Waals surface area (Å²) in [6.07, 6.45) is -0.0277. The number of hydrogen-bond acceptors (Lipinski definition) is 4. The molecule has 1 atom stereocenters. The van der Waals surface area contributed by atoms with E-state index in [1.807, 2.05) is 38.1 Å². The fourth-order valence-corrected chi connectivity index (χ4v) is 2.85. The maximum atomic E-state index is 12.2. The standard InChI is InChI=1S/C21H24ClN3O4/c1-13-4-6-16(7-5-13)18(23-15(3)26)11-20(27)24-25-21(28)12-29-19-9-8-17(22)10-14(19)2/h4-10,18H,11-12H2,1-3H3,(H,23,26)(H,24,27)(H,25,28)/t18-/m0/s1. The number of hydrogen-bond donors (Lipinski definition) is 3. The molecule has 0 fully saturated rings. The zero-order chi connectivity index (χ0) is 21.4. The van der Waals surface area contributed by atoms with Crippen LogP contribution < -0.4 is 20.9 Å². The van der Waals surface area contributed by atoms with Crippen LogP contribution in [0.3, 0.4) is 0 Å². The van der Waals surface area contributed by atoms with E-state index in [0.29, 0.717) is 10.8 Å². The molecular weight excluding hydrogens is 394 g/mol. The van der Waals surface area contributed by atoms with Crippen LogP contribution in [-0.4, -0.2) is 24.3 Å². The summed E-state index contributed by atoms with van der Waals surface area (Å²) in [5.41, 5.74) is 7.31. The van der Waals surface area contributed by atoms with Gasteiger partial charge in [-0.05, 0) is 43.2 Å². The Bertz CT molecular complexity index is 884. The van der Waals surface area contributed by atoms with Crippen molar-refractivity contribution in [1.82, 2.24) is 16.2 Å². The first-order chi connectivity index (χ1) is 13.7. The van der Waals surface area contributed by atoms with Crippen LogP contribution in [0.5, 0.6) is 5.75 Å². The number of amides is 3. The van der Waals surface area contributed by atoms with Crippen molar-refractivity contribution in [3.8, 4) is 5.75 Å². The van der Waals surface area contributed by atoms with Crippen LogP contribution in [0.15, 0.2) is 42.5 Å². The molecule has 3 amide bonds. The van der Waals surface area contributed by atoms with Crippen LogP contribution in [-0.2, 0) is 14.4 Å². The maximum absolute atomic E-state index is 12.2. The summed E-state index contributed by atoms with van der Waals surface area (Å²) in [6, 6.07) is 12.1. The van der Waals surface area contributed by atoms with E-state index in [1.54, 1.807) is 18.2 Å². The minimum atomic E-state index is -0.515. The van der Waals surface area contributed by atoms with Crippen molar-refractivity contribution < 1.29 is 19.1 Å². The van der Waals surface area contributed by atoms with Gasteiger partial charge < -0.3 is 10.1 Å². The van der Waals surface area contributed by atoms with Crippen LogP contribution in [0, 0.1) is 13.8 Å². The number of carbonyl (C=O) groups is 3. The molecule has 154 valence electrons. The first-order valence-corrected chi connectivity index (χ1v) is 9.42. The lowest BCUT2D eigenvalue weighted by Crippen LogP contribution is -2.45. The van der Waals surface area contributed by atoms with Gasteiger partial charge in [-0.3, -0.25) is 25.2 Å². The van der Waals surface area contributed by atoms with Gasteiger partial charge in [0.1, 0.15) is 5.75 Å². The second-order valence-corrected chi connectivity index (χ2v) is 7.10. The van der Waals surface area contributed by atoms with E-state index in [1.165, 1.54) is 6.92 Å². The lowest BCUT2D eigenvalue weighted by atomic mass is 10.0. The van der Waals surface area contributed by atoms with Gasteiger partial charge in [-0.15, -0.1) is 0 Å². The molecule has 0 saturated carbocycles. The molecule has 0 unspecified atom stereocenters. The zero-order valence-electron chi connectivity index (χ0n) is 16.5. The van der Waals surface area contributed by atoms with Crippen LogP contribution in [0.2, 0.25) is 5.02 Å². The molecule has 0 aromatic heterocycles. The number of nitrogens with one attached hydrogen (secondary N) is 3. The minimum Gasteiger partial charge on any atom is -0.483 e. The maximum Gasteiger partial charge on any atom is 0.276 e. The largest absolute Gasteiger partial charge is 0.483 e. The van der Waals surface area contributed by atoms with Crippen LogP contribution in [0.4, 0.5) is 0 Å². The molecule has 8 heteroatoms. The molecular formula is C21H24ClN3O4. The molecule has 0 saturated heterocycles. The van der Waals surface area contributed by atoms with Gasteiger partial charge in [-0.1, -0.05) is 41.4 Å². The summed E-state index contributed by atoms with van der Waals surface area (Å²) in [4.78, 5) is 35.6. The third-order valence-corrected chi connectivity index (χ3v) is 4.32. The molecule has 29 heavy (non-hydrogen) atoms. The highest BCUT2D eigenvalue weighted by Crippen LogP contribution is 2.21. The summed E-state index contributed by atoms with van der Waals surface area (Å²) < 4.78 is 5.42. The van der Waals surface area contributed by atoms with E-state index in [2.05, 4.69) is 16.2 Å². The van der Waals surface area contributed by atoms with Gasteiger partial charge in [-0.2, -0.15) is 0 Å². The number of aryl methyl sites for hydroxylation is 2.